The van der Waals surface area contributed by atoms with Crippen molar-refractivity contribution in [3.8, 4) is 0 Å². The summed E-state index contributed by atoms with van der Waals surface area (Å²) < 4.78 is 0. The lowest BCUT2D eigenvalue weighted by atomic mass is 10.1. The molecule has 1 aliphatic rings. The molecule has 18 heavy (non-hydrogen) atoms. The van der Waals surface area contributed by atoms with Crippen LogP contribution in [0.3, 0.4) is 0 Å². The van der Waals surface area contributed by atoms with Crippen LogP contribution in [0.15, 0.2) is 24.4 Å². The van der Waals surface area contributed by atoms with Crippen molar-refractivity contribution in [3.05, 3.63) is 29.4 Å². The Hall–Kier alpha value is -1.48. The number of benzene rings is 1. The predicted octanol–water partition coefficient (Wildman–Crippen LogP) is 3.53. The van der Waals surface area contributed by atoms with Crippen LogP contribution in [0.1, 0.15) is 12.8 Å². The molecule has 0 unspecified atom stereocenters. The Labute approximate surface area is 112 Å². The van der Waals surface area contributed by atoms with Gasteiger partial charge in [0.2, 0.25) is 0 Å². The molecule has 2 heterocycles. The summed E-state index contributed by atoms with van der Waals surface area (Å²) in [5, 5.41) is 6.14. The number of nitrogens with zero attached hydrogens (tertiary/aromatic N) is 2. The summed E-state index contributed by atoms with van der Waals surface area (Å²) in [6.07, 6.45) is 4.37. The van der Waals surface area contributed by atoms with Gasteiger partial charge in [0.15, 0.2) is 0 Å². The highest BCUT2D eigenvalue weighted by molar-refractivity contribution is 6.37. The van der Waals surface area contributed by atoms with Gasteiger partial charge in [-0.25, -0.2) is 4.98 Å². The molecule has 0 radical (unpaired) electrons. The minimum Gasteiger partial charge on any atom is -0.386 e. The number of anilines is 2. The van der Waals surface area contributed by atoms with Gasteiger partial charge in [0.25, 0.3) is 0 Å². The fourth-order valence-electron chi connectivity index (χ4n) is 2.61. The Bertz CT molecular complexity index is 577. The molecule has 3 nitrogen and oxygen atoms in total. The summed E-state index contributed by atoms with van der Waals surface area (Å²) in [6, 6.07) is 6.02. The lowest BCUT2D eigenvalue weighted by molar-refractivity contribution is 0.946. The standard InChI is InChI=1S/C14H16ClN3/c1-16-12-9-17-14(18-7-2-3-8-18)10-5-4-6-11(15)13(10)12/h4-6,9,16H,2-3,7-8H2,1H3. The van der Waals surface area contributed by atoms with E-state index in [1.807, 2.05) is 25.4 Å². The highest BCUT2D eigenvalue weighted by atomic mass is 35.5. The highest BCUT2D eigenvalue weighted by Gasteiger charge is 2.18. The normalized spacial score (nSPS) is 15.3. The quantitative estimate of drug-likeness (QED) is 0.896. The molecule has 1 N–H and O–H groups in total. The van der Waals surface area contributed by atoms with Gasteiger partial charge in [0.1, 0.15) is 5.82 Å². The van der Waals surface area contributed by atoms with Crippen LogP contribution in [0, 0.1) is 0 Å². The van der Waals surface area contributed by atoms with Crippen LogP contribution in [-0.2, 0) is 0 Å². The van der Waals surface area contributed by atoms with E-state index < -0.39 is 0 Å². The van der Waals surface area contributed by atoms with Crippen molar-refractivity contribution in [2.24, 2.45) is 0 Å². The number of aromatic nitrogens is 1. The van der Waals surface area contributed by atoms with Crippen molar-refractivity contribution in [2.75, 3.05) is 30.4 Å². The van der Waals surface area contributed by atoms with Gasteiger partial charge in [-0.2, -0.15) is 0 Å². The summed E-state index contributed by atoms with van der Waals surface area (Å²) >= 11 is 6.33. The highest BCUT2D eigenvalue weighted by Crippen LogP contribution is 2.35. The molecule has 1 aliphatic heterocycles. The van der Waals surface area contributed by atoms with Crippen molar-refractivity contribution >= 4 is 33.9 Å². The second kappa shape index (κ2) is 4.65. The first-order valence-corrected chi connectivity index (χ1v) is 6.69. The summed E-state index contributed by atoms with van der Waals surface area (Å²) in [4.78, 5) is 6.95. The van der Waals surface area contributed by atoms with E-state index in [1.54, 1.807) is 0 Å². The molecule has 4 heteroatoms. The summed E-state index contributed by atoms with van der Waals surface area (Å²) in [5.74, 6) is 1.06. The summed E-state index contributed by atoms with van der Waals surface area (Å²) in [6.45, 7) is 2.18. The monoisotopic (exact) mass is 261 g/mol. The van der Waals surface area contributed by atoms with Crippen molar-refractivity contribution in [1.82, 2.24) is 4.98 Å². The third kappa shape index (κ3) is 1.79. The molecule has 0 aliphatic carbocycles. The predicted molar refractivity (Wildman–Crippen MR) is 77.7 cm³/mol. The molecule has 0 bridgehead atoms. The molecule has 0 atom stereocenters. The smallest absolute Gasteiger partial charge is 0.136 e. The van der Waals surface area contributed by atoms with Crippen molar-refractivity contribution in [2.45, 2.75) is 12.8 Å². The van der Waals surface area contributed by atoms with Crippen LogP contribution in [-0.4, -0.2) is 25.1 Å². The fourth-order valence-corrected chi connectivity index (χ4v) is 2.89. The first-order chi connectivity index (χ1) is 8.81. The number of pyridine rings is 1. The van der Waals surface area contributed by atoms with E-state index in [-0.39, 0.29) is 0 Å². The maximum absolute atomic E-state index is 6.33. The number of halogens is 1. The SMILES string of the molecule is CNc1cnc(N2CCCC2)c2cccc(Cl)c12. The molecule has 0 spiro atoms. The topological polar surface area (TPSA) is 28.2 Å². The lowest BCUT2D eigenvalue weighted by Crippen LogP contribution is -2.19. The van der Waals surface area contributed by atoms with Gasteiger partial charge < -0.3 is 10.2 Å². The van der Waals surface area contributed by atoms with Crippen LogP contribution in [0.5, 0.6) is 0 Å². The molecular formula is C14H16ClN3. The number of hydrogen-bond donors (Lipinski definition) is 1. The van der Waals surface area contributed by atoms with E-state index >= 15 is 0 Å². The van der Waals surface area contributed by atoms with E-state index in [1.165, 1.54) is 12.8 Å². The van der Waals surface area contributed by atoms with E-state index in [2.05, 4.69) is 21.3 Å². The van der Waals surface area contributed by atoms with Gasteiger partial charge in [-0.05, 0) is 18.9 Å². The van der Waals surface area contributed by atoms with Gasteiger partial charge in [0.05, 0.1) is 16.9 Å². The fraction of sp³-hybridized carbons (Fsp3) is 0.357. The molecule has 0 saturated carbocycles. The Morgan fingerprint density at radius 3 is 2.78 bits per heavy atom. The van der Waals surface area contributed by atoms with Crippen LogP contribution in [0.2, 0.25) is 5.02 Å². The minimum absolute atomic E-state index is 0.777. The molecule has 1 fully saturated rings. The Kier molecular flexibility index (Phi) is 3.00. The number of nitrogens with one attached hydrogen (secondary N) is 1. The molecular weight excluding hydrogens is 246 g/mol. The van der Waals surface area contributed by atoms with E-state index in [0.717, 1.165) is 40.4 Å². The summed E-state index contributed by atoms with van der Waals surface area (Å²) in [5.41, 5.74) is 0.985. The lowest BCUT2D eigenvalue weighted by Gasteiger charge is -2.20. The zero-order valence-electron chi connectivity index (χ0n) is 10.4. The largest absolute Gasteiger partial charge is 0.386 e. The van der Waals surface area contributed by atoms with Crippen molar-refractivity contribution in [1.29, 1.82) is 0 Å². The zero-order chi connectivity index (χ0) is 12.5. The molecule has 1 aromatic heterocycles. The maximum atomic E-state index is 6.33. The van der Waals surface area contributed by atoms with Gasteiger partial charge >= 0.3 is 0 Å². The average molecular weight is 262 g/mol. The van der Waals surface area contributed by atoms with E-state index in [9.17, 15) is 0 Å². The molecule has 0 amide bonds. The first-order valence-electron chi connectivity index (χ1n) is 6.31. The minimum atomic E-state index is 0.777. The second-order valence-electron chi connectivity index (χ2n) is 4.60. The second-order valence-corrected chi connectivity index (χ2v) is 5.01. The maximum Gasteiger partial charge on any atom is 0.136 e. The first kappa shape index (κ1) is 11.6. The van der Waals surface area contributed by atoms with Crippen molar-refractivity contribution in [3.63, 3.8) is 0 Å². The molecule has 2 aromatic rings. The zero-order valence-corrected chi connectivity index (χ0v) is 11.2. The van der Waals surface area contributed by atoms with Crippen LogP contribution in [0.25, 0.3) is 10.8 Å². The van der Waals surface area contributed by atoms with Crippen molar-refractivity contribution < 1.29 is 0 Å². The Morgan fingerprint density at radius 2 is 2.06 bits per heavy atom. The number of rotatable bonds is 2. The number of fused-ring (bicyclic) bond motifs is 1. The average Bonchev–Trinajstić information content (AvgIpc) is 2.91. The van der Waals surface area contributed by atoms with Gasteiger partial charge in [0, 0.05) is 30.9 Å². The third-order valence-corrected chi connectivity index (χ3v) is 3.83. The summed E-state index contributed by atoms with van der Waals surface area (Å²) in [7, 11) is 1.90. The third-order valence-electron chi connectivity index (χ3n) is 3.51. The van der Waals surface area contributed by atoms with E-state index in [4.69, 9.17) is 11.6 Å². The van der Waals surface area contributed by atoms with Gasteiger partial charge in [-0.3, -0.25) is 0 Å². The molecule has 1 saturated heterocycles. The van der Waals surface area contributed by atoms with Crippen LogP contribution in [0.4, 0.5) is 11.5 Å². The van der Waals surface area contributed by atoms with Gasteiger partial charge in [-0.15, -0.1) is 0 Å². The number of hydrogen-bond acceptors (Lipinski definition) is 3. The molecule has 94 valence electrons. The Morgan fingerprint density at radius 1 is 1.28 bits per heavy atom. The van der Waals surface area contributed by atoms with Crippen LogP contribution >= 0.6 is 11.6 Å². The molecule has 3 rings (SSSR count). The van der Waals surface area contributed by atoms with E-state index in [0.29, 0.717) is 0 Å². The van der Waals surface area contributed by atoms with Gasteiger partial charge in [-0.1, -0.05) is 23.7 Å². The Balaban J connectivity index is 2.24. The molecule has 1 aromatic carbocycles. The van der Waals surface area contributed by atoms with Crippen LogP contribution < -0.4 is 10.2 Å².